The van der Waals surface area contributed by atoms with Gasteiger partial charge in [-0.3, -0.25) is 9.59 Å². The van der Waals surface area contributed by atoms with Crippen LogP contribution in [-0.4, -0.2) is 18.4 Å². The Labute approximate surface area is 224 Å². The van der Waals surface area contributed by atoms with E-state index in [0.29, 0.717) is 46.4 Å². The van der Waals surface area contributed by atoms with E-state index in [0.717, 1.165) is 20.9 Å². The van der Waals surface area contributed by atoms with Crippen molar-refractivity contribution in [1.29, 1.82) is 0 Å². The summed E-state index contributed by atoms with van der Waals surface area (Å²) in [6.07, 6.45) is 0.693. The lowest BCUT2D eigenvalue weighted by Crippen LogP contribution is -2.31. The number of halogens is 2. The van der Waals surface area contributed by atoms with Gasteiger partial charge in [0, 0.05) is 31.9 Å². The molecular formula is C29H22Cl2N2O2S. The van der Waals surface area contributed by atoms with Gasteiger partial charge in [-0.1, -0.05) is 71.4 Å². The van der Waals surface area contributed by atoms with Crippen LogP contribution >= 0.6 is 35.0 Å². The topological polar surface area (TPSA) is 49.4 Å². The molecule has 1 aliphatic heterocycles. The fraction of sp³-hybridized carbons (Fsp3) is 0.103. The molecular weight excluding hydrogens is 511 g/mol. The fourth-order valence-electron chi connectivity index (χ4n) is 4.11. The summed E-state index contributed by atoms with van der Waals surface area (Å²) < 4.78 is 0. The Bertz CT molecular complexity index is 1440. The summed E-state index contributed by atoms with van der Waals surface area (Å²) in [6.45, 7) is 0.825. The van der Waals surface area contributed by atoms with Crippen molar-refractivity contribution in [3.8, 4) is 0 Å². The molecule has 180 valence electrons. The van der Waals surface area contributed by atoms with Crippen LogP contribution in [0.1, 0.15) is 31.8 Å². The Morgan fingerprint density at radius 2 is 1.61 bits per heavy atom. The van der Waals surface area contributed by atoms with E-state index < -0.39 is 0 Å². The van der Waals surface area contributed by atoms with Crippen LogP contribution < -0.4 is 10.2 Å². The van der Waals surface area contributed by atoms with Crippen LogP contribution in [0.2, 0.25) is 10.0 Å². The van der Waals surface area contributed by atoms with E-state index in [-0.39, 0.29) is 11.8 Å². The van der Waals surface area contributed by atoms with E-state index in [4.69, 9.17) is 23.2 Å². The number of amides is 2. The molecule has 36 heavy (non-hydrogen) atoms. The minimum absolute atomic E-state index is 0.114. The minimum Gasteiger partial charge on any atom is -0.352 e. The third kappa shape index (κ3) is 5.44. The molecule has 4 aromatic carbocycles. The Kier molecular flexibility index (Phi) is 7.33. The number of nitrogens with one attached hydrogen (secondary N) is 1. The smallest absolute Gasteiger partial charge is 0.259 e. The first-order valence-electron chi connectivity index (χ1n) is 11.5. The summed E-state index contributed by atoms with van der Waals surface area (Å²) in [7, 11) is 0. The van der Waals surface area contributed by atoms with Gasteiger partial charge in [-0.15, -0.1) is 0 Å². The third-order valence-corrected chi connectivity index (χ3v) is 7.56. The second-order valence-electron chi connectivity index (χ2n) is 8.43. The van der Waals surface area contributed by atoms with Crippen LogP contribution in [0.15, 0.2) is 101 Å². The zero-order valence-electron chi connectivity index (χ0n) is 19.2. The number of nitrogens with zero attached hydrogens (tertiary/aromatic N) is 1. The summed E-state index contributed by atoms with van der Waals surface area (Å²) in [6, 6.07) is 28.1. The first kappa shape index (κ1) is 24.4. The fourth-order valence-corrected chi connectivity index (χ4v) is 5.51. The highest BCUT2D eigenvalue weighted by Gasteiger charge is 2.28. The lowest BCUT2D eigenvalue weighted by Gasteiger charge is -2.24. The quantitative estimate of drug-likeness (QED) is 0.284. The molecule has 0 bridgehead atoms. The number of fused-ring (bicyclic) bond motifs is 2. The van der Waals surface area contributed by atoms with E-state index in [2.05, 4.69) is 5.32 Å². The van der Waals surface area contributed by atoms with E-state index in [1.165, 1.54) is 11.8 Å². The standard InChI is InChI=1S/C29H22Cl2N2O2S/c30-22-11-8-19(9-12-22)14-15-32-28(34)21-10-13-27-25(17-21)33(18-20-4-3-5-23(31)16-20)29(35)24-6-1-2-7-26(24)36-27/h1-13,16-17H,14-15,18H2,(H,32,34). The molecule has 0 aliphatic carbocycles. The summed E-state index contributed by atoms with van der Waals surface area (Å²) in [5.41, 5.74) is 3.83. The van der Waals surface area contributed by atoms with Crippen molar-refractivity contribution in [1.82, 2.24) is 5.32 Å². The van der Waals surface area contributed by atoms with Crippen molar-refractivity contribution in [2.24, 2.45) is 0 Å². The van der Waals surface area contributed by atoms with E-state index in [1.54, 1.807) is 23.1 Å². The van der Waals surface area contributed by atoms with Gasteiger partial charge in [-0.25, -0.2) is 0 Å². The summed E-state index contributed by atoms with van der Waals surface area (Å²) >= 11 is 13.7. The summed E-state index contributed by atoms with van der Waals surface area (Å²) in [5.74, 6) is -0.300. The molecule has 5 rings (SSSR count). The van der Waals surface area contributed by atoms with Crippen LogP contribution in [0.3, 0.4) is 0 Å². The average molecular weight is 533 g/mol. The maximum atomic E-state index is 13.7. The van der Waals surface area contributed by atoms with Gasteiger partial charge in [0.2, 0.25) is 0 Å². The second kappa shape index (κ2) is 10.8. The molecule has 0 spiro atoms. The maximum Gasteiger partial charge on any atom is 0.259 e. The number of benzene rings is 4. The van der Waals surface area contributed by atoms with Gasteiger partial charge in [0.25, 0.3) is 11.8 Å². The van der Waals surface area contributed by atoms with Crippen molar-refractivity contribution in [2.45, 2.75) is 22.8 Å². The van der Waals surface area contributed by atoms with Gasteiger partial charge in [-0.05, 0) is 72.1 Å². The molecule has 1 aliphatic rings. The molecule has 1 heterocycles. The van der Waals surface area contributed by atoms with Crippen molar-refractivity contribution >= 4 is 52.5 Å². The molecule has 1 N–H and O–H groups in total. The predicted octanol–water partition coefficient (Wildman–Crippen LogP) is 7.28. The molecule has 0 radical (unpaired) electrons. The van der Waals surface area contributed by atoms with Crippen molar-refractivity contribution in [2.75, 3.05) is 11.4 Å². The molecule has 0 fully saturated rings. The van der Waals surface area contributed by atoms with E-state index in [1.807, 2.05) is 72.8 Å². The SMILES string of the molecule is O=C(NCCc1ccc(Cl)cc1)c1ccc2c(c1)N(Cc1cccc(Cl)c1)C(=O)c1ccccc1S2. The lowest BCUT2D eigenvalue weighted by atomic mass is 10.1. The van der Waals surface area contributed by atoms with Crippen LogP contribution in [0.4, 0.5) is 5.69 Å². The van der Waals surface area contributed by atoms with Gasteiger partial charge >= 0.3 is 0 Å². The molecule has 0 unspecified atom stereocenters. The number of carbonyl (C=O) groups is 2. The zero-order valence-corrected chi connectivity index (χ0v) is 21.5. The van der Waals surface area contributed by atoms with Gasteiger partial charge in [0.05, 0.1) is 17.8 Å². The molecule has 4 nitrogen and oxygen atoms in total. The molecule has 0 saturated heterocycles. The molecule has 2 amide bonds. The molecule has 0 aromatic heterocycles. The van der Waals surface area contributed by atoms with Crippen LogP contribution in [0.5, 0.6) is 0 Å². The third-order valence-electron chi connectivity index (χ3n) is 5.94. The Balaban J connectivity index is 1.43. The normalized spacial score (nSPS) is 12.5. The van der Waals surface area contributed by atoms with Gasteiger partial charge in [0.1, 0.15) is 0 Å². The van der Waals surface area contributed by atoms with Crippen LogP contribution in [0, 0.1) is 0 Å². The molecule has 4 aromatic rings. The van der Waals surface area contributed by atoms with Gasteiger partial charge in [-0.2, -0.15) is 0 Å². The van der Waals surface area contributed by atoms with E-state index >= 15 is 0 Å². The zero-order chi connectivity index (χ0) is 25.1. The van der Waals surface area contributed by atoms with E-state index in [9.17, 15) is 9.59 Å². The van der Waals surface area contributed by atoms with Crippen molar-refractivity contribution in [3.63, 3.8) is 0 Å². The predicted molar refractivity (Wildman–Crippen MR) is 146 cm³/mol. The molecule has 0 atom stereocenters. The largest absolute Gasteiger partial charge is 0.352 e. The molecule has 0 saturated carbocycles. The highest BCUT2D eigenvalue weighted by molar-refractivity contribution is 7.99. The number of rotatable bonds is 6. The summed E-state index contributed by atoms with van der Waals surface area (Å²) in [4.78, 5) is 30.2. The second-order valence-corrected chi connectivity index (χ2v) is 10.4. The highest BCUT2D eigenvalue weighted by Crippen LogP contribution is 2.42. The van der Waals surface area contributed by atoms with Gasteiger partial charge in [0.15, 0.2) is 0 Å². The van der Waals surface area contributed by atoms with Gasteiger partial charge < -0.3 is 10.2 Å². The summed E-state index contributed by atoms with van der Waals surface area (Å²) in [5, 5.41) is 4.28. The monoisotopic (exact) mass is 532 g/mol. The Hall–Kier alpha value is -3.25. The minimum atomic E-state index is -0.186. The van der Waals surface area contributed by atoms with Crippen LogP contribution in [-0.2, 0) is 13.0 Å². The highest BCUT2D eigenvalue weighted by atomic mass is 35.5. The first-order chi connectivity index (χ1) is 17.5. The number of carbonyl (C=O) groups excluding carboxylic acids is 2. The number of hydrogen-bond acceptors (Lipinski definition) is 3. The first-order valence-corrected chi connectivity index (χ1v) is 13.0. The molecule has 7 heteroatoms. The van der Waals surface area contributed by atoms with Crippen molar-refractivity contribution < 1.29 is 9.59 Å². The number of anilines is 1. The number of hydrogen-bond donors (Lipinski definition) is 1. The average Bonchev–Trinajstić information content (AvgIpc) is 2.99. The lowest BCUT2D eigenvalue weighted by molar-refractivity contribution is 0.0950. The van der Waals surface area contributed by atoms with Crippen molar-refractivity contribution in [3.05, 3.63) is 123 Å². The maximum absolute atomic E-state index is 13.7. The Morgan fingerprint density at radius 3 is 2.42 bits per heavy atom. The van der Waals surface area contributed by atoms with Crippen LogP contribution in [0.25, 0.3) is 0 Å². The Morgan fingerprint density at radius 1 is 0.806 bits per heavy atom.